The van der Waals surface area contributed by atoms with Crippen LogP contribution in [0.1, 0.15) is 26.4 Å². The molecule has 24 heavy (non-hydrogen) atoms. The van der Waals surface area contributed by atoms with Gasteiger partial charge in [0.1, 0.15) is 0 Å². The molecule has 0 spiro atoms. The van der Waals surface area contributed by atoms with Gasteiger partial charge in [0.15, 0.2) is 5.13 Å². The molecule has 1 aromatic heterocycles. The number of thiazole rings is 1. The minimum atomic E-state index is -0.312. The SMILES string of the molecule is Cc1csc(NC(=O)c2ccccc2NC(=O)c2ccccc2)n1. The highest BCUT2D eigenvalue weighted by Crippen LogP contribution is 2.20. The van der Waals surface area contributed by atoms with Gasteiger partial charge in [-0.15, -0.1) is 11.3 Å². The molecule has 2 amide bonds. The molecule has 0 aliphatic carbocycles. The Labute approximate surface area is 143 Å². The minimum absolute atomic E-state index is 0.263. The fraction of sp³-hybridized carbons (Fsp3) is 0.0556. The molecule has 3 aromatic rings. The quantitative estimate of drug-likeness (QED) is 0.757. The van der Waals surface area contributed by atoms with Crippen molar-refractivity contribution in [3.05, 3.63) is 76.8 Å². The van der Waals surface area contributed by atoms with Crippen LogP contribution in [0.4, 0.5) is 10.8 Å². The number of aryl methyl sites for hydroxylation is 1. The number of carbonyl (C=O) groups is 2. The summed E-state index contributed by atoms with van der Waals surface area (Å²) in [4.78, 5) is 29.0. The number of anilines is 2. The van der Waals surface area contributed by atoms with E-state index in [2.05, 4.69) is 15.6 Å². The van der Waals surface area contributed by atoms with Crippen molar-refractivity contribution < 1.29 is 9.59 Å². The summed E-state index contributed by atoms with van der Waals surface area (Å²) < 4.78 is 0. The number of benzene rings is 2. The Morgan fingerprint density at radius 2 is 1.62 bits per heavy atom. The highest BCUT2D eigenvalue weighted by Gasteiger charge is 2.15. The first-order valence-corrected chi connectivity index (χ1v) is 8.20. The van der Waals surface area contributed by atoms with Crippen molar-refractivity contribution in [2.24, 2.45) is 0 Å². The molecular formula is C18H15N3O2S. The van der Waals surface area contributed by atoms with Crippen LogP contribution in [0.15, 0.2) is 60.0 Å². The van der Waals surface area contributed by atoms with E-state index in [-0.39, 0.29) is 11.8 Å². The summed E-state index contributed by atoms with van der Waals surface area (Å²) in [7, 11) is 0. The van der Waals surface area contributed by atoms with E-state index in [1.807, 2.05) is 18.4 Å². The van der Waals surface area contributed by atoms with Gasteiger partial charge in [0.2, 0.25) is 0 Å². The molecule has 0 bridgehead atoms. The number of aromatic nitrogens is 1. The van der Waals surface area contributed by atoms with Gasteiger partial charge in [0.25, 0.3) is 11.8 Å². The van der Waals surface area contributed by atoms with E-state index < -0.39 is 0 Å². The van der Waals surface area contributed by atoms with Gasteiger partial charge < -0.3 is 5.32 Å². The maximum atomic E-state index is 12.5. The smallest absolute Gasteiger partial charge is 0.259 e. The van der Waals surface area contributed by atoms with Crippen LogP contribution in [0.2, 0.25) is 0 Å². The lowest BCUT2D eigenvalue weighted by atomic mass is 10.1. The molecule has 0 saturated heterocycles. The van der Waals surface area contributed by atoms with E-state index in [4.69, 9.17) is 0 Å². The summed E-state index contributed by atoms with van der Waals surface area (Å²) in [6, 6.07) is 15.7. The third-order valence-electron chi connectivity index (χ3n) is 3.30. The van der Waals surface area contributed by atoms with Gasteiger partial charge in [0, 0.05) is 10.9 Å². The van der Waals surface area contributed by atoms with E-state index in [0.29, 0.717) is 21.9 Å². The number of hydrogen-bond acceptors (Lipinski definition) is 4. The summed E-state index contributed by atoms with van der Waals surface area (Å²) in [5, 5.41) is 7.92. The number of para-hydroxylation sites is 1. The molecule has 2 aromatic carbocycles. The molecule has 1 heterocycles. The third-order valence-corrected chi connectivity index (χ3v) is 4.17. The predicted octanol–water partition coefficient (Wildman–Crippen LogP) is 3.96. The van der Waals surface area contributed by atoms with Gasteiger partial charge in [-0.1, -0.05) is 30.3 Å². The van der Waals surface area contributed by atoms with Gasteiger partial charge in [-0.3, -0.25) is 14.9 Å². The number of amides is 2. The second-order valence-corrected chi connectivity index (χ2v) is 5.97. The molecule has 0 aliphatic rings. The Hall–Kier alpha value is -2.99. The monoisotopic (exact) mass is 337 g/mol. The van der Waals surface area contributed by atoms with Crippen molar-refractivity contribution in [2.45, 2.75) is 6.92 Å². The number of nitrogens with zero attached hydrogens (tertiary/aromatic N) is 1. The first-order chi connectivity index (χ1) is 11.6. The summed E-state index contributed by atoms with van der Waals surface area (Å²) in [5.74, 6) is -0.575. The molecule has 2 N–H and O–H groups in total. The van der Waals surface area contributed by atoms with E-state index in [9.17, 15) is 9.59 Å². The van der Waals surface area contributed by atoms with Crippen molar-refractivity contribution in [1.82, 2.24) is 4.98 Å². The van der Waals surface area contributed by atoms with E-state index in [1.165, 1.54) is 11.3 Å². The van der Waals surface area contributed by atoms with Crippen LogP contribution >= 0.6 is 11.3 Å². The van der Waals surface area contributed by atoms with Gasteiger partial charge >= 0.3 is 0 Å². The first kappa shape index (κ1) is 15.9. The Balaban J connectivity index is 1.80. The number of hydrogen-bond donors (Lipinski definition) is 2. The predicted molar refractivity (Wildman–Crippen MR) is 95.6 cm³/mol. The van der Waals surface area contributed by atoms with Crippen LogP contribution in [0, 0.1) is 6.92 Å². The molecule has 0 radical (unpaired) electrons. The van der Waals surface area contributed by atoms with Crippen LogP contribution in [0.25, 0.3) is 0 Å². The second-order valence-electron chi connectivity index (χ2n) is 5.11. The Kier molecular flexibility index (Phi) is 4.67. The molecule has 0 unspecified atom stereocenters. The largest absolute Gasteiger partial charge is 0.321 e. The fourth-order valence-electron chi connectivity index (χ4n) is 2.15. The second kappa shape index (κ2) is 7.06. The summed E-state index contributed by atoms with van der Waals surface area (Å²) in [6.07, 6.45) is 0. The molecule has 0 fully saturated rings. The normalized spacial score (nSPS) is 10.2. The topological polar surface area (TPSA) is 71.1 Å². The van der Waals surface area contributed by atoms with Crippen LogP contribution < -0.4 is 10.6 Å². The first-order valence-electron chi connectivity index (χ1n) is 7.32. The summed E-state index contributed by atoms with van der Waals surface area (Å²) >= 11 is 1.36. The zero-order valence-corrected chi connectivity index (χ0v) is 13.8. The summed E-state index contributed by atoms with van der Waals surface area (Å²) in [5.41, 5.74) is 2.22. The van der Waals surface area contributed by atoms with Crippen LogP contribution in [0.5, 0.6) is 0 Å². The lowest BCUT2D eigenvalue weighted by molar-refractivity contribution is 0.102. The van der Waals surface area contributed by atoms with Crippen molar-refractivity contribution in [3.8, 4) is 0 Å². The summed E-state index contributed by atoms with van der Waals surface area (Å²) in [6.45, 7) is 1.86. The van der Waals surface area contributed by atoms with Crippen molar-refractivity contribution in [3.63, 3.8) is 0 Å². The maximum absolute atomic E-state index is 12.5. The number of carbonyl (C=O) groups excluding carboxylic acids is 2. The Bertz CT molecular complexity index is 875. The van der Waals surface area contributed by atoms with Gasteiger partial charge in [-0.2, -0.15) is 0 Å². The molecule has 6 heteroatoms. The molecule has 0 aliphatic heterocycles. The zero-order chi connectivity index (χ0) is 16.9. The lowest BCUT2D eigenvalue weighted by Crippen LogP contribution is -2.18. The van der Waals surface area contributed by atoms with Crippen molar-refractivity contribution in [2.75, 3.05) is 10.6 Å². The molecule has 3 rings (SSSR count). The van der Waals surface area contributed by atoms with Crippen LogP contribution in [-0.2, 0) is 0 Å². The van der Waals surface area contributed by atoms with Gasteiger partial charge in [0.05, 0.1) is 16.9 Å². The standard InChI is InChI=1S/C18H15N3O2S/c1-12-11-24-18(19-12)21-17(23)14-9-5-6-10-15(14)20-16(22)13-7-3-2-4-8-13/h2-11H,1H3,(H,20,22)(H,19,21,23). The molecular weight excluding hydrogens is 322 g/mol. The molecule has 0 saturated carbocycles. The highest BCUT2D eigenvalue weighted by molar-refractivity contribution is 7.13. The van der Waals surface area contributed by atoms with E-state index in [0.717, 1.165) is 5.69 Å². The minimum Gasteiger partial charge on any atom is -0.321 e. The highest BCUT2D eigenvalue weighted by atomic mass is 32.1. The average Bonchev–Trinajstić information content (AvgIpc) is 3.01. The zero-order valence-electron chi connectivity index (χ0n) is 12.9. The van der Waals surface area contributed by atoms with Gasteiger partial charge in [-0.25, -0.2) is 4.98 Å². The average molecular weight is 337 g/mol. The van der Waals surface area contributed by atoms with E-state index in [1.54, 1.807) is 48.5 Å². The van der Waals surface area contributed by atoms with Crippen molar-refractivity contribution in [1.29, 1.82) is 0 Å². The van der Waals surface area contributed by atoms with Crippen LogP contribution in [0.3, 0.4) is 0 Å². The van der Waals surface area contributed by atoms with Crippen molar-refractivity contribution >= 4 is 34.0 Å². The Morgan fingerprint density at radius 1 is 0.917 bits per heavy atom. The lowest BCUT2D eigenvalue weighted by Gasteiger charge is -2.10. The molecule has 0 atom stereocenters. The fourth-order valence-corrected chi connectivity index (χ4v) is 2.83. The maximum Gasteiger partial charge on any atom is 0.259 e. The Morgan fingerprint density at radius 3 is 2.33 bits per heavy atom. The van der Waals surface area contributed by atoms with Gasteiger partial charge in [-0.05, 0) is 31.2 Å². The number of nitrogens with one attached hydrogen (secondary N) is 2. The molecule has 5 nitrogen and oxygen atoms in total. The third kappa shape index (κ3) is 3.67. The number of rotatable bonds is 4. The molecule has 120 valence electrons. The van der Waals surface area contributed by atoms with Crippen LogP contribution in [-0.4, -0.2) is 16.8 Å². The van der Waals surface area contributed by atoms with E-state index >= 15 is 0 Å².